The summed E-state index contributed by atoms with van der Waals surface area (Å²) in [5, 5.41) is 38.5. The second-order valence-corrected chi connectivity index (χ2v) is 2.70. The van der Waals surface area contributed by atoms with Crippen LogP contribution < -0.4 is 5.32 Å². The van der Waals surface area contributed by atoms with Gasteiger partial charge in [0.25, 0.3) is 0 Å². The highest BCUT2D eigenvalue weighted by Gasteiger charge is 2.23. The number of hydrogen-bond donors (Lipinski definition) is 5. The summed E-state index contributed by atoms with van der Waals surface area (Å²) in [4.78, 5) is 0. The van der Waals surface area contributed by atoms with Crippen molar-refractivity contribution in [2.75, 3.05) is 20.2 Å². The van der Waals surface area contributed by atoms with Gasteiger partial charge in [0.15, 0.2) is 0 Å². The first kappa shape index (κ1) is 11.8. The van der Waals surface area contributed by atoms with Crippen LogP contribution in [0.25, 0.3) is 0 Å². The monoisotopic (exact) mass is 179 g/mol. The quantitative estimate of drug-likeness (QED) is 0.315. The van der Waals surface area contributed by atoms with E-state index >= 15 is 0 Å². The fourth-order valence-electron chi connectivity index (χ4n) is 0.827. The maximum Gasteiger partial charge on any atom is 0.108 e. The molecule has 0 saturated carbocycles. The van der Waals surface area contributed by atoms with E-state index < -0.39 is 24.9 Å². The van der Waals surface area contributed by atoms with Gasteiger partial charge in [-0.15, -0.1) is 0 Å². The van der Waals surface area contributed by atoms with Crippen LogP contribution in [0.5, 0.6) is 0 Å². The van der Waals surface area contributed by atoms with E-state index in [9.17, 15) is 5.11 Å². The van der Waals surface area contributed by atoms with E-state index in [4.69, 9.17) is 15.3 Å². The van der Waals surface area contributed by atoms with E-state index in [-0.39, 0.29) is 0 Å². The van der Waals surface area contributed by atoms with Crippen LogP contribution in [-0.4, -0.2) is 58.9 Å². The molecule has 5 heteroatoms. The van der Waals surface area contributed by atoms with Crippen molar-refractivity contribution >= 4 is 0 Å². The van der Waals surface area contributed by atoms with E-state index in [1.807, 2.05) is 0 Å². The van der Waals surface area contributed by atoms with Crippen LogP contribution in [0.15, 0.2) is 0 Å². The van der Waals surface area contributed by atoms with Crippen LogP contribution in [0.2, 0.25) is 0 Å². The molecule has 3 atom stereocenters. The molecular weight excluding hydrogens is 162 g/mol. The van der Waals surface area contributed by atoms with E-state index in [2.05, 4.69) is 5.32 Å². The lowest BCUT2D eigenvalue weighted by Crippen LogP contribution is -2.40. The molecule has 12 heavy (non-hydrogen) atoms. The van der Waals surface area contributed by atoms with Crippen molar-refractivity contribution in [1.29, 1.82) is 0 Å². The molecule has 74 valence electrons. The van der Waals surface area contributed by atoms with Crippen molar-refractivity contribution in [3.63, 3.8) is 0 Å². The summed E-state index contributed by atoms with van der Waals surface area (Å²) >= 11 is 0. The second-order valence-electron chi connectivity index (χ2n) is 2.70. The Morgan fingerprint density at radius 1 is 1.17 bits per heavy atom. The van der Waals surface area contributed by atoms with Gasteiger partial charge < -0.3 is 25.7 Å². The average molecular weight is 179 g/mol. The van der Waals surface area contributed by atoms with E-state index in [1.54, 1.807) is 7.05 Å². The van der Waals surface area contributed by atoms with Gasteiger partial charge in [0.2, 0.25) is 0 Å². The lowest BCUT2D eigenvalue weighted by Gasteiger charge is -2.21. The fraction of sp³-hybridized carbons (Fsp3) is 1.00. The van der Waals surface area contributed by atoms with Crippen molar-refractivity contribution in [3.8, 4) is 0 Å². The first-order chi connectivity index (χ1) is 5.63. The van der Waals surface area contributed by atoms with Gasteiger partial charge >= 0.3 is 0 Å². The van der Waals surface area contributed by atoms with Gasteiger partial charge in [0, 0.05) is 0 Å². The zero-order chi connectivity index (χ0) is 9.56. The maximum atomic E-state index is 9.19. The molecule has 0 amide bonds. The Labute approximate surface area is 71.7 Å². The van der Waals surface area contributed by atoms with Crippen molar-refractivity contribution < 1.29 is 20.4 Å². The SMILES string of the molecule is CNCC[C@@H](O)[C@H](O)C(O)CO. The normalized spacial score (nSPS) is 18.8. The van der Waals surface area contributed by atoms with Gasteiger partial charge in [-0.25, -0.2) is 0 Å². The van der Waals surface area contributed by atoms with Gasteiger partial charge in [-0.3, -0.25) is 0 Å². The summed E-state index contributed by atoms with van der Waals surface area (Å²) in [7, 11) is 1.72. The van der Waals surface area contributed by atoms with Gasteiger partial charge in [0.05, 0.1) is 12.7 Å². The van der Waals surface area contributed by atoms with Crippen LogP contribution in [0.4, 0.5) is 0 Å². The second kappa shape index (κ2) is 6.33. The molecule has 0 spiro atoms. The smallest absolute Gasteiger partial charge is 0.108 e. The molecule has 0 rings (SSSR count). The van der Waals surface area contributed by atoms with E-state index in [1.165, 1.54) is 0 Å². The summed E-state index contributed by atoms with van der Waals surface area (Å²) < 4.78 is 0. The molecule has 0 radical (unpaired) electrons. The molecule has 0 aliphatic carbocycles. The molecule has 0 fully saturated rings. The number of aliphatic hydroxyl groups is 4. The maximum absolute atomic E-state index is 9.19. The third kappa shape index (κ3) is 3.99. The van der Waals surface area contributed by atoms with Crippen molar-refractivity contribution in [3.05, 3.63) is 0 Å². The Kier molecular flexibility index (Phi) is 6.23. The predicted octanol–water partition coefficient (Wildman–Crippen LogP) is -2.33. The van der Waals surface area contributed by atoms with Gasteiger partial charge in [-0.05, 0) is 20.0 Å². The first-order valence-electron chi connectivity index (χ1n) is 3.93. The van der Waals surface area contributed by atoms with E-state index in [0.717, 1.165) is 0 Å². The van der Waals surface area contributed by atoms with Crippen LogP contribution >= 0.6 is 0 Å². The largest absolute Gasteiger partial charge is 0.394 e. The third-order valence-corrected chi connectivity index (χ3v) is 1.67. The average Bonchev–Trinajstić information content (AvgIpc) is 2.11. The Morgan fingerprint density at radius 3 is 2.17 bits per heavy atom. The summed E-state index contributed by atoms with van der Waals surface area (Å²) in [5.41, 5.74) is 0. The highest BCUT2D eigenvalue weighted by Crippen LogP contribution is 2.02. The Bertz CT molecular complexity index is 112. The Morgan fingerprint density at radius 2 is 1.75 bits per heavy atom. The molecule has 0 saturated heterocycles. The molecule has 0 bridgehead atoms. The van der Waals surface area contributed by atoms with Crippen LogP contribution in [0.3, 0.4) is 0 Å². The minimum Gasteiger partial charge on any atom is -0.394 e. The number of nitrogens with one attached hydrogen (secondary N) is 1. The zero-order valence-electron chi connectivity index (χ0n) is 7.14. The van der Waals surface area contributed by atoms with Crippen molar-refractivity contribution in [2.24, 2.45) is 0 Å². The Balaban J connectivity index is 3.67. The summed E-state index contributed by atoms with van der Waals surface area (Å²) in [6.45, 7) is 0.00809. The molecule has 0 aliphatic heterocycles. The van der Waals surface area contributed by atoms with Crippen LogP contribution in [-0.2, 0) is 0 Å². The topological polar surface area (TPSA) is 93.0 Å². The summed E-state index contributed by atoms with van der Waals surface area (Å²) in [6, 6.07) is 0. The van der Waals surface area contributed by atoms with Crippen molar-refractivity contribution in [2.45, 2.75) is 24.7 Å². The predicted molar refractivity (Wildman–Crippen MR) is 43.6 cm³/mol. The molecule has 0 aromatic carbocycles. The molecular formula is C7H17NO4. The third-order valence-electron chi connectivity index (χ3n) is 1.67. The molecule has 0 aromatic heterocycles. The van der Waals surface area contributed by atoms with E-state index in [0.29, 0.717) is 13.0 Å². The molecule has 5 nitrogen and oxygen atoms in total. The molecule has 0 aromatic rings. The summed E-state index contributed by atoms with van der Waals surface area (Å²) in [6.07, 6.45) is -3.20. The van der Waals surface area contributed by atoms with Gasteiger partial charge in [-0.2, -0.15) is 0 Å². The number of hydrogen-bond acceptors (Lipinski definition) is 5. The van der Waals surface area contributed by atoms with Crippen LogP contribution in [0.1, 0.15) is 6.42 Å². The molecule has 1 unspecified atom stereocenters. The van der Waals surface area contributed by atoms with Gasteiger partial charge in [-0.1, -0.05) is 0 Å². The highest BCUT2D eigenvalue weighted by molar-refractivity contribution is 4.74. The minimum atomic E-state index is -1.27. The standard InChI is InChI=1S/C7H17NO4/c1-8-3-2-5(10)7(12)6(11)4-9/h5-12H,2-4H2,1H3/t5-,6?,7+/m1/s1. The number of aliphatic hydroxyl groups excluding tert-OH is 4. The molecule has 0 heterocycles. The lowest BCUT2D eigenvalue weighted by molar-refractivity contribution is -0.0777. The minimum absolute atomic E-state index is 0.342. The van der Waals surface area contributed by atoms with Crippen molar-refractivity contribution in [1.82, 2.24) is 5.32 Å². The van der Waals surface area contributed by atoms with Gasteiger partial charge in [0.1, 0.15) is 12.2 Å². The zero-order valence-corrected chi connectivity index (χ0v) is 7.14. The molecule has 0 aliphatic rings. The fourth-order valence-corrected chi connectivity index (χ4v) is 0.827. The highest BCUT2D eigenvalue weighted by atomic mass is 16.4. The number of rotatable bonds is 6. The molecule has 5 N–H and O–H groups in total. The summed E-state index contributed by atoms with van der Waals surface area (Å²) in [5.74, 6) is 0. The Hall–Kier alpha value is -0.200. The lowest BCUT2D eigenvalue weighted by atomic mass is 10.1. The first-order valence-corrected chi connectivity index (χ1v) is 3.93. The van der Waals surface area contributed by atoms with Crippen LogP contribution in [0, 0.1) is 0 Å².